The largest absolute Gasteiger partial charge is 0.419 e. The number of alkyl halides is 3. The molecule has 0 unspecified atom stereocenters. The van der Waals surface area contributed by atoms with Crippen molar-refractivity contribution < 1.29 is 17.6 Å². The third-order valence-electron chi connectivity index (χ3n) is 2.57. The molecule has 0 saturated heterocycles. The number of nitrogens with one attached hydrogen (secondary N) is 1. The molecule has 0 radical (unpaired) electrons. The highest BCUT2D eigenvalue weighted by Crippen LogP contribution is 2.33. The topological polar surface area (TPSA) is 24.9 Å². The van der Waals surface area contributed by atoms with Crippen molar-refractivity contribution in [1.29, 1.82) is 0 Å². The zero-order valence-electron chi connectivity index (χ0n) is 9.88. The van der Waals surface area contributed by atoms with E-state index in [9.17, 15) is 17.6 Å². The van der Waals surface area contributed by atoms with Gasteiger partial charge in [-0.3, -0.25) is 0 Å². The maximum Gasteiger partial charge on any atom is 0.419 e. The number of aromatic nitrogens is 1. The molecule has 2 nitrogen and oxygen atoms in total. The van der Waals surface area contributed by atoms with E-state index in [0.29, 0.717) is 6.54 Å². The Bertz CT molecular complexity index is 577. The number of hydrogen-bond acceptors (Lipinski definition) is 3. The van der Waals surface area contributed by atoms with Crippen molar-refractivity contribution in [2.24, 2.45) is 0 Å². The molecule has 0 fully saturated rings. The third kappa shape index (κ3) is 3.23. The van der Waals surface area contributed by atoms with Crippen LogP contribution in [0.25, 0.3) is 0 Å². The lowest BCUT2D eigenvalue weighted by atomic mass is 10.2. The van der Waals surface area contributed by atoms with Gasteiger partial charge < -0.3 is 5.32 Å². The summed E-state index contributed by atoms with van der Waals surface area (Å²) >= 11 is 1.41. The highest BCUT2D eigenvalue weighted by atomic mass is 32.1. The lowest BCUT2D eigenvalue weighted by Crippen LogP contribution is -2.09. The fraction of sp³-hybridized carbons (Fsp3) is 0.250. The van der Waals surface area contributed by atoms with Crippen molar-refractivity contribution in [1.82, 2.24) is 4.98 Å². The lowest BCUT2D eigenvalue weighted by molar-refractivity contribution is -0.139. The molecule has 19 heavy (non-hydrogen) atoms. The van der Waals surface area contributed by atoms with E-state index in [-0.39, 0.29) is 5.69 Å². The van der Waals surface area contributed by atoms with Gasteiger partial charge in [-0.2, -0.15) is 13.2 Å². The van der Waals surface area contributed by atoms with Crippen LogP contribution in [0, 0.1) is 12.7 Å². The highest BCUT2D eigenvalue weighted by molar-refractivity contribution is 7.09. The summed E-state index contributed by atoms with van der Waals surface area (Å²) in [5, 5.41) is 2.83. The summed E-state index contributed by atoms with van der Waals surface area (Å²) in [6.45, 7) is 2.18. The Morgan fingerprint density at radius 1 is 1.32 bits per heavy atom. The van der Waals surface area contributed by atoms with Crippen LogP contribution in [0.15, 0.2) is 23.7 Å². The first kappa shape index (κ1) is 13.8. The van der Waals surface area contributed by atoms with Crippen LogP contribution in [0.2, 0.25) is 0 Å². The van der Waals surface area contributed by atoms with Gasteiger partial charge in [0.25, 0.3) is 0 Å². The van der Waals surface area contributed by atoms with Gasteiger partial charge in [-0.05, 0) is 25.1 Å². The van der Waals surface area contributed by atoms with Crippen LogP contribution < -0.4 is 5.32 Å². The first-order valence-corrected chi connectivity index (χ1v) is 6.25. The zero-order chi connectivity index (χ0) is 14.0. The first-order valence-electron chi connectivity index (χ1n) is 5.37. The Hall–Kier alpha value is -1.63. The maximum atomic E-state index is 13.1. The van der Waals surface area contributed by atoms with E-state index in [2.05, 4.69) is 10.3 Å². The molecular formula is C12H10F4N2S. The Labute approximate surface area is 111 Å². The van der Waals surface area contributed by atoms with Crippen molar-refractivity contribution in [3.8, 4) is 0 Å². The van der Waals surface area contributed by atoms with Crippen LogP contribution >= 0.6 is 11.3 Å². The predicted molar refractivity (Wildman–Crippen MR) is 65.6 cm³/mol. The van der Waals surface area contributed by atoms with E-state index in [4.69, 9.17) is 0 Å². The summed E-state index contributed by atoms with van der Waals surface area (Å²) in [5.41, 5.74) is 1.45. The first-order chi connectivity index (χ1) is 8.88. The SMILES string of the molecule is Cc1ncsc1CNc1ccc(F)c(C(F)(F)F)c1. The second-order valence-electron chi connectivity index (χ2n) is 3.91. The molecule has 0 aliphatic carbocycles. The van der Waals surface area contributed by atoms with Gasteiger partial charge in [-0.1, -0.05) is 0 Å². The molecular weight excluding hydrogens is 280 g/mol. The van der Waals surface area contributed by atoms with Gasteiger partial charge in [0, 0.05) is 10.6 Å². The van der Waals surface area contributed by atoms with E-state index in [0.717, 1.165) is 22.7 Å². The van der Waals surface area contributed by atoms with Gasteiger partial charge in [-0.25, -0.2) is 9.37 Å². The third-order valence-corrected chi connectivity index (χ3v) is 3.50. The number of aryl methyl sites for hydroxylation is 1. The normalized spacial score (nSPS) is 11.6. The summed E-state index contributed by atoms with van der Waals surface area (Å²) < 4.78 is 50.7. The van der Waals surface area contributed by atoms with Crippen molar-refractivity contribution >= 4 is 17.0 Å². The standard InChI is InChI=1S/C12H10F4N2S/c1-7-11(19-6-18-7)5-17-8-2-3-10(13)9(4-8)12(14,15)16/h2-4,6,17H,5H2,1H3. The van der Waals surface area contributed by atoms with Gasteiger partial charge in [0.15, 0.2) is 0 Å². The predicted octanol–water partition coefficient (Wildman–Crippen LogP) is 4.22. The molecule has 0 aliphatic rings. The average Bonchev–Trinajstić information content (AvgIpc) is 2.72. The van der Waals surface area contributed by atoms with E-state index in [1.54, 1.807) is 5.51 Å². The molecule has 0 amide bonds. The highest BCUT2D eigenvalue weighted by Gasteiger charge is 2.34. The van der Waals surface area contributed by atoms with Crippen LogP contribution in [-0.2, 0) is 12.7 Å². The minimum absolute atomic E-state index is 0.224. The summed E-state index contributed by atoms with van der Waals surface area (Å²) in [4.78, 5) is 4.97. The van der Waals surface area contributed by atoms with E-state index in [1.807, 2.05) is 6.92 Å². The molecule has 2 rings (SSSR count). The average molecular weight is 290 g/mol. The minimum Gasteiger partial charge on any atom is -0.380 e. The second-order valence-corrected chi connectivity index (χ2v) is 4.85. The van der Waals surface area contributed by atoms with Gasteiger partial charge in [0.1, 0.15) is 5.82 Å². The molecule has 102 valence electrons. The fourth-order valence-corrected chi connectivity index (χ4v) is 2.25. The summed E-state index contributed by atoms with van der Waals surface area (Å²) in [7, 11) is 0. The number of halogens is 4. The van der Waals surface area contributed by atoms with E-state index < -0.39 is 17.6 Å². The van der Waals surface area contributed by atoms with Crippen molar-refractivity contribution in [2.45, 2.75) is 19.6 Å². The summed E-state index contributed by atoms with van der Waals surface area (Å²) in [6.07, 6.45) is -4.69. The summed E-state index contributed by atoms with van der Waals surface area (Å²) in [6, 6.07) is 2.86. The van der Waals surface area contributed by atoms with Crippen LogP contribution in [0.4, 0.5) is 23.2 Å². The number of hydrogen-bond donors (Lipinski definition) is 1. The second kappa shape index (κ2) is 5.16. The molecule has 1 aromatic heterocycles. The molecule has 1 aromatic carbocycles. The Morgan fingerprint density at radius 2 is 2.05 bits per heavy atom. The van der Waals surface area contributed by atoms with Crippen LogP contribution in [0.1, 0.15) is 16.1 Å². The Kier molecular flexibility index (Phi) is 3.75. The monoisotopic (exact) mass is 290 g/mol. The number of anilines is 1. The molecule has 0 spiro atoms. The van der Waals surface area contributed by atoms with Gasteiger partial charge in [0.05, 0.1) is 23.3 Å². The lowest BCUT2D eigenvalue weighted by Gasteiger charge is -2.11. The quantitative estimate of drug-likeness (QED) is 0.856. The maximum absolute atomic E-state index is 13.1. The molecule has 0 aliphatic heterocycles. The number of nitrogens with zero attached hydrogens (tertiary/aromatic N) is 1. The smallest absolute Gasteiger partial charge is 0.380 e. The van der Waals surface area contributed by atoms with E-state index in [1.165, 1.54) is 17.4 Å². The number of rotatable bonds is 3. The molecule has 2 aromatic rings. The van der Waals surface area contributed by atoms with Crippen LogP contribution in [0.3, 0.4) is 0 Å². The minimum atomic E-state index is -4.69. The Balaban J connectivity index is 2.16. The van der Waals surface area contributed by atoms with Crippen molar-refractivity contribution in [3.63, 3.8) is 0 Å². The number of thiazole rings is 1. The Morgan fingerprint density at radius 3 is 2.63 bits per heavy atom. The fourth-order valence-electron chi connectivity index (χ4n) is 1.53. The molecule has 0 atom stereocenters. The number of benzene rings is 1. The van der Waals surface area contributed by atoms with Gasteiger partial charge >= 0.3 is 6.18 Å². The molecule has 7 heteroatoms. The van der Waals surface area contributed by atoms with Gasteiger partial charge in [-0.15, -0.1) is 11.3 Å². The molecule has 0 saturated carbocycles. The van der Waals surface area contributed by atoms with Crippen molar-refractivity contribution in [3.05, 3.63) is 45.7 Å². The molecule has 0 bridgehead atoms. The van der Waals surface area contributed by atoms with Crippen LogP contribution in [0.5, 0.6) is 0 Å². The van der Waals surface area contributed by atoms with E-state index >= 15 is 0 Å². The van der Waals surface area contributed by atoms with Crippen LogP contribution in [-0.4, -0.2) is 4.98 Å². The summed E-state index contributed by atoms with van der Waals surface area (Å²) in [5.74, 6) is -1.27. The molecule has 1 N–H and O–H groups in total. The zero-order valence-corrected chi connectivity index (χ0v) is 10.7. The van der Waals surface area contributed by atoms with Crippen molar-refractivity contribution in [2.75, 3.05) is 5.32 Å². The van der Waals surface area contributed by atoms with Gasteiger partial charge in [0.2, 0.25) is 0 Å². The molecule has 1 heterocycles.